The predicted octanol–water partition coefficient (Wildman–Crippen LogP) is 2.30. The van der Waals surface area contributed by atoms with Gasteiger partial charge >= 0.3 is 5.97 Å². The number of nitrogens with zero attached hydrogens (tertiary/aromatic N) is 1. The summed E-state index contributed by atoms with van der Waals surface area (Å²) in [4.78, 5) is 25.5. The monoisotopic (exact) mass is 253 g/mol. The Balaban J connectivity index is 2.85. The Morgan fingerprint density at radius 1 is 1.28 bits per heavy atom. The van der Waals surface area contributed by atoms with Crippen LogP contribution in [0.3, 0.4) is 0 Å². The van der Waals surface area contributed by atoms with Gasteiger partial charge in [0.05, 0.1) is 11.8 Å². The van der Waals surface area contributed by atoms with Crippen LogP contribution in [0.15, 0.2) is 12.2 Å². The minimum absolute atomic E-state index is 0.0106. The molecule has 0 aliphatic heterocycles. The molecule has 0 aromatic heterocycles. The number of carboxylic acid groups (broad SMARTS) is 1. The molecular formula is C14H23NO3. The fourth-order valence-corrected chi connectivity index (χ4v) is 2.44. The quantitative estimate of drug-likeness (QED) is 0.765. The summed E-state index contributed by atoms with van der Waals surface area (Å²) >= 11 is 0. The average Bonchev–Trinajstić information content (AvgIpc) is 2.34. The molecular weight excluding hydrogens is 230 g/mol. The molecule has 1 N–H and O–H groups in total. The Kier molecular flexibility index (Phi) is 5.38. The maximum Gasteiger partial charge on any atom is 0.307 e. The molecule has 0 spiro atoms. The van der Waals surface area contributed by atoms with E-state index < -0.39 is 17.8 Å². The van der Waals surface area contributed by atoms with Crippen molar-refractivity contribution in [3.8, 4) is 0 Å². The molecule has 102 valence electrons. The van der Waals surface area contributed by atoms with Crippen molar-refractivity contribution in [2.75, 3.05) is 6.54 Å². The maximum atomic E-state index is 12.5. The number of carboxylic acids is 1. The fraction of sp³-hybridized carbons (Fsp3) is 0.714. The minimum Gasteiger partial charge on any atom is -0.481 e. The SMILES string of the molecule is CCCN(C(=O)C1CC=CCC1C(=O)O)C(C)C. The molecule has 2 unspecified atom stereocenters. The van der Waals surface area contributed by atoms with Crippen LogP contribution in [-0.4, -0.2) is 34.5 Å². The molecule has 0 radical (unpaired) electrons. The Morgan fingerprint density at radius 3 is 2.28 bits per heavy atom. The van der Waals surface area contributed by atoms with E-state index in [4.69, 9.17) is 0 Å². The molecule has 0 aromatic carbocycles. The summed E-state index contributed by atoms with van der Waals surface area (Å²) in [5.41, 5.74) is 0. The van der Waals surface area contributed by atoms with E-state index in [1.165, 1.54) is 0 Å². The number of hydrogen-bond acceptors (Lipinski definition) is 2. The van der Waals surface area contributed by atoms with Crippen molar-refractivity contribution >= 4 is 11.9 Å². The van der Waals surface area contributed by atoms with E-state index in [2.05, 4.69) is 0 Å². The van der Waals surface area contributed by atoms with Gasteiger partial charge in [-0.05, 0) is 33.1 Å². The van der Waals surface area contributed by atoms with Crippen LogP contribution < -0.4 is 0 Å². The van der Waals surface area contributed by atoms with Crippen LogP contribution in [0.25, 0.3) is 0 Å². The average molecular weight is 253 g/mol. The molecule has 0 bridgehead atoms. The van der Waals surface area contributed by atoms with Gasteiger partial charge in [-0.2, -0.15) is 0 Å². The van der Waals surface area contributed by atoms with Crippen LogP contribution in [0.4, 0.5) is 0 Å². The second kappa shape index (κ2) is 6.57. The first-order valence-electron chi connectivity index (χ1n) is 6.67. The van der Waals surface area contributed by atoms with Crippen LogP contribution in [0.2, 0.25) is 0 Å². The molecule has 18 heavy (non-hydrogen) atoms. The summed E-state index contributed by atoms with van der Waals surface area (Å²) in [6.07, 6.45) is 5.69. The molecule has 0 fully saturated rings. The first kappa shape index (κ1) is 14.7. The third kappa shape index (κ3) is 3.34. The summed E-state index contributed by atoms with van der Waals surface area (Å²) in [6, 6.07) is 0.123. The molecule has 1 aliphatic carbocycles. The van der Waals surface area contributed by atoms with Crippen molar-refractivity contribution in [1.82, 2.24) is 4.90 Å². The van der Waals surface area contributed by atoms with Gasteiger partial charge in [0.25, 0.3) is 0 Å². The summed E-state index contributed by atoms with van der Waals surface area (Å²) in [6.45, 7) is 6.67. The number of amides is 1. The maximum absolute atomic E-state index is 12.5. The fourth-order valence-electron chi connectivity index (χ4n) is 2.44. The molecule has 4 nitrogen and oxygen atoms in total. The minimum atomic E-state index is -0.863. The van der Waals surface area contributed by atoms with Crippen molar-refractivity contribution in [2.45, 2.75) is 46.1 Å². The topological polar surface area (TPSA) is 57.6 Å². The van der Waals surface area contributed by atoms with Gasteiger partial charge in [-0.25, -0.2) is 0 Å². The number of hydrogen-bond donors (Lipinski definition) is 1. The highest BCUT2D eigenvalue weighted by Gasteiger charge is 2.36. The lowest BCUT2D eigenvalue weighted by atomic mass is 9.82. The van der Waals surface area contributed by atoms with E-state index >= 15 is 0 Å². The Hall–Kier alpha value is -1.32. The zero-order chi connectivity index (χ0) is 13.7. The summed E-state index contributed by atoms with van der Waals surface area (Å²) in [7, 11) is 0. The largest absolute Gasteiger partial charge is 0.481 e. The lowest BCUT2D eigenvalue weighted by molar-refractivity contribution is -0.151. The van der Waals surface area contributed by atoms with Gasteiger partial charge in [-0.3, -0.25) is 9.59 Å². The van der Waals surface area contributed by atoms with Crippen LogP contribution >= 0.6 is 0 Å². The lowest BCUT2D eigenvalue weighted by Gasteiger charge is -2.33. The third-order valence-corrected chi connectivity index (χ3v) is 3.44. The molecule has 0 saturated heterocycles. The Bertz CT molecular complexity index is 336. The van der Waals surface area contributed by atoms with Gasteiger partial charge in [0.2, 0.25) is 5.91 Å². The van der Waals surface area contributed by atoms with Crippen molar-refractivity contribution in [3.05, 3.63) is 12.2 Å². The van der Waals surface area contributed by atoms with Gasteiger partial charge in [0, 0.05) is 12.6 Å². The van der Waals surface area contributed by atoms with Crippen LogP contribution in [0.1, 0.15) is 40.0 Å². The molecule has 0 heterocycles. The molecule has 1 aliphatic rings. The zero-order valence-corrected chi connectivity index (χ0v) is 11.4. The second-order valence-corrected chi connectivity index (χ2v) is 5.12. The Morgan fingerprint density at radius 2 is 1.83 bits per heavy atom. The van der Waals surface area contributed by atoms with E-state index in [9.17, 15) is 14.7 Å². The number of aliphatic carboxylic acids is 1. The molecule has 0 saturated carbocycles. The number of rotatable bonds is 5. The zero-order valence-electron chi connectivity index (χ0n) is 11.4. The summed E-state index contributed by atoms with van der Waals surface area (Å²) in [5, 5.41) is 9.20. The van der Waals surface area contributed by atoms with Crippen LogP contribution in [0, 0.1) is 11.8 Å². The van der Waals surface area contributed by atoms with Crippen molar-refractivity contribution in [3.63, 3.8) is 0 Å². The van der Waals surface area contributed by atoms with Crippen LogP contribution in [-0.2, 0) is 9.59 Å². The van der Waals surface area contributed by atoms with Crippen LogP contribution in [0.5, 0.6) is 0 Å². The van der Waals surface area contributed by atoms with E-state index in [1.54, 1.807) is 4.90 Å². The Labute approximate surface area is 109 Å². The normalized spacial score (nSPS) is 23.1. The van der Waals surface area contributed by atoms with E-state index in [-0.39, 0.29) is 11.9 Å². The lowest BCUT2D eigenvalue weighted by Crippen LogP contribution is -2.45. The first-order valence-corrected chi connectivity index (χ1v) is 6.67. The summed E-state index contributed by atoms with van der Waals surface area (Å²) < 4.78 is 0. The van der Waals surface area contributed by atoms with Crippen molar-refractivity contribution in [2.24, 2.45) is 11.8 Å². The van der Waals surface area contributed by atoms with E-state index in [0.29, 0.717) is 19.4 Å². The van der Waals surface area contributed by atoms with Gasteiger partial charge in [-0.1, -0.05) is 19.1 Å². The van der Waals surface area contributed by atoms with Gasteiger partial charge < -0.3 is 10.0 Å². The standard InChI is InChI=1S/C14H23NO3/c1-4-9-15(10(2)3)13(16)11-7-5-6-8-12(11)14(17)18/h5-6,10-12H,4,7-9H2,1-3H3,(H,17,18). The van der Waals surface area contributed by atoms with E-state index in [1.807, 2.05) is 32.9 Å². The van der Waals surface area contributed by atoms with Gasteiger partial charge in [0.15, 0.2) is 0 Å². The summed E-state index contributed by atoms with van der Waals surface area (Å²) in [5.74, 6) is -1.84. The molecule has 2 atom stereocenters. The number of carbonyl (C=O) groups is 2. The molecule has 1 amide bonds. The molecule has 4 heteroatoms. The highest BCUT2D eigenvalue weighted by Crippen LogP contribution is 2.28. The van der Waals surface area contributed by atoms with Gasteiger partial charge in [0.1, 0.15) is 0 Å². The number of allylic oxidation sites excluding steroid dienone is 2. The molecule has 0 aromatic rings. The highest BCUT2D eigenvalue weighted by atomic mass is 16.4. The highest BCUT2D eigenvalue weighted by molar-refractivity contribution is 5.85. The second-order valence-electron chi connectivity index (χ2n) is 5.12. The third-order valence-electron chi connectivity index (χ3n) is 3.44. The predicted molar refractivity (Wildman–Crippen MR) is 70.1 cm³/mol. The van der Waals surface area contributed by atoms with Crippen molar-refractivity contribution in [1.29, 1.82) is 0 Å². The number of carbonyl (C=O) groups excluding carboxylic acids is 1. The molecule has 1 rings (SSSR count). The first-order chi connectivity index (χ1) is 8.49. The van der Waals surface area contributed by atoms with Gasteiger partial charge in [-0.15, -0.1) is 0 Å². The van der Waals surface area contributed by atoms with Crippen molar-refractivity contribution < 1.29 is 14.7 Å². The smallest absolute Gasteiger partial charge is 0.307 e. The van der Waals surface area contributed by atoms with E-state index in [0.717, 1.165) is 6.42 Å².